The van der Waals surface area contributed by atoms with E-state index in [9.17, 15) is 9.90 Å². The molecular formula is C10H11Cl2NO3. The van der Waals surface area contributed by atoms with Crippen molar-refractivity contribution in [3.8, 4) is 5.75 Å². The predicted octanol–water partition coefficient (Wildman–Crippen LogP) is 1.74. The van der Waals surface area contributed by atoms with Gasteiger partial charge in [0.25, 0.3) is 0 Å². The molecule has 0 spiro atoms. The number of hydrogen-bond donors (Lipinski definition) is 2. The number of carbonyl (C=O) groups excluding carboxylic acids is 1. The second-order valence-corrected chi connectivity index (χ2v) is 4.06. The maximum absolute atomic E-state index is 11.1. The van der Waals surface area contributed by atoms with Gasteiger partial charge in [0.1, 0.15) is 6.04 Å². The SMILES string of the molecule is COC(=O)[C@H](N)Cc1cc(Cl)c(O)c(Cl)c1. The average molecular weight is 264 g/mol. The Morgan fingerprint density at radius 2 is 2.00 bits per heavy atom. The molecule has 0 aliphatic carbocycles. The van der Waals surface area contributed by atoms with Crippen LogP contribution in [0.25, 0.3) is 0 Å². The quantitative estimate of drug-likeness (QED) is 0.815. The molecule has 1 atom stereocenters. The molecule has 0 aliphatic heterocycles. The molecule has 0 saturated heterocycles. The molecule has 1 aromatic carbocycles. The summed E-state index contributed by atoms with van der Waals surface area (Å²) in [7, 11) is 1.26. The van der Waals surface area contributed by atoms with Crippen LogP contribution in [0.15, 0.2) is 12.1 Å². The summed E-state index contributed by atoms with van der Waals surface area (Å²) < 4.78 is 4.49. The van der Waals surface area contributed by atoms with Crippen LogP contribution in [0.1, 0.15) is 5.56 Å². The lowest BCUT2D eigenvalue weighted by atomic mass is 10.1. The summed E-state index contributed by atoms with van der Waals surface area (Å²) >= 11 is 11.4. The van der Waals surface area contributed by atoms with Crippen molar-refractivity contribution in [1.29, 1.82) is 0 Å². The predicted molar refractivity (Wildman–Crippen MR) is 61.8 cm³/mol. The lowest BCUT2D eigenvalue weighted by molar-refractivity contribution is -0.142. The molecule has 3 N–H and O–H groups in total. The third-order valence-electron chi connectivity index (χ3n) is 2.04. The number of methoxy groups -OCH3 is 1. The highest BCUT2D eigenvalue weighted by Crippen LogP contribution is 2.32. The molecule has 1 aromatic rings. The molecule has 0 bridgehead atoms. The van der Waals surface area contributed by atoms with Crippen LogP contribution in [0.4, 0.5) is 0 Å². The molecule has 6 heteroatoms. The fourth-order valence-corrected chi connectivity index (χ4v) is 1.76. The Kier molecular flexibility index (Phi) is 4.41. The fourth-order valence-electron chi connectivity index (χ4n) is 1.22. The second-order valence-electron chi connectivity index (χ2n) is 3.24. The van der Waals surface area contributed by atoms with Crippen LogP contribution < -0.4 is 5.73 Å². The van der Waals surface area contributed by atoms with E-state index in [1.807, 2.05) is 0 Å². The van der Waals surface area contributed by atoms with Crippen molar-refractivity contribution in [2.24, 2.45) is 5.73 Å². The van der Waals surface area contributed by atoms with Crippen LogP contribution in [0.5, 0.6) is 5.75 Å². The molecule has 0 unspecified atom stereocenters. The van der Waals surface area contributed by atoms with Gasteiger partial charge in [-0.15, -0.1) is 0 Å². The largest absolute Gasteiger partial charge is 0.505 e. The highest BCUT2D eigenvalue weighted by molar-refractivity contribution is 6.37. The number of halogens is 2. The van der Waals surface area contributed by atoms with Gasteiger partial charge in [-0.3, -0.25) is 4.79 Å². The number of benzene rings is 1. The number of nitrogens with two attached hydrogens (primary N) is 1. The number of phenolic OH excluding ortho intramolecular Hbond substituents is 1. The van der Waals surface area contributed by atoms with E-state index in [0.29, 0.717) is 5.56 Å². The number of aromatic hydroxyl groups is 1. The Hall–Kier alpha value is -0.970. The van der Waals surface area contributed by atoms with E-state index in [1.54, 1.807) is 0 Å². The van der Waals surface area contributed by atoms with Crippen molar-refractivity contribution < 1.29 is 14.6 Å². The van der Waals surface area contributed by atoms with E-state index in [4.69, 9.17) is 28.9 Å². The number of rotatable bonds is 3. The first-order valence-corrected chi connectivity index (χ1v) is 5.21. The Labute approximate surface area is 103 Å². The molecule has 0 amide bonds. The zero-order valence-corrected chi connectivity index (χ0v) is 10.0. The first-order chi connectivity index (χ1) is 7.45. The average Bonchev–Trinajstić information content (AvgIpc) is 2.24. The Bertz CT molecular complexity index is 386. The van der Waals surface area contributed by atoms with Gasteiger partial charge < -0.3 is 15.6 Å². The van der Waals surface area contributed by atoms with Gasteiger partial charge >= 0.3 is 5.97 Å². The molecule has 88 valence electrons. The first kappa shape index (κ1) is 13.1. The second kappa shape index (κ2) is 5.39. The van der Waals surface area contributed by atoms with Gasteiger partial charge in [-0.1, -0.05) is 23.2 Å². The summed E-state index contributed by atoms with van der Waals surface area (Å²) in [5.74, 6) is -0.695. The zero-order valence-electron chi connectivity index (χ0n) is 8.54. The van der Waals surface area contributed by atoms with Crippen molar-refractivity contribution in [1.82, 2.24) is 0 Å². The smallest absolute Gasteiger partial charge is 0.322 e. The summed E-state index contributed by atoms with van der Waals surface area (Å²) in [5.41, 5.74) is 6.23. The third-order valence-corrected chi connectivity index (χ3v) is 2.61. The molecule has 0 heterocycles. The Morgan fingerprint density at radius 3 is 2.44 bits per heavy atom. The number of phenols is 1. The fraction of sp³-hybridized carbons (Fsp3) is 0.300. The molecule has 4 nitrogen and oxygen atoms in total. The minimum atomic E-state index is -0.776. The minimum absolute atomic E-state index is 0.125. The van der Waals surface area contributed by atoms with Gasteiger partial charge in [0, 0.05) is 0 Å². The standard InChI is InChI=1S/C10H11Cl2NO3/c1-16-10(15)8(13)4-5-2-6(11)9(14)7(12)3-5/h2-3,8,14H,4,13H2,1H3/t8-/m1/s1. The van der Waals surface area contributed by atoms with Gasteiger partial charge in [-0.2, -0.15) is 0 Å². The third kappa shape index (κ3) is 3.01. The normalized spacial score (nSPS) is 12.2. The number of ether oxygens (including phenoxy) is 1. The summed E-state index contributed by atoms with van der Waals surface area (Å²) in [6, 6.07) is 2.23. The number of hydrogen-bond acceptors (Lipinski definition) is 4. The van der Waals surface area contributed by atoms with Crippen LogP contribution >= 0.6 is 23.2 Å². The van der Waals surface area contributed by atoms with Crippen molar-refractivity contribution in [2.75, 3.05) is 7.11 Å². The molecule has 0 radical (unpaired) electrons. The molecule has 0 saturated carbocycles. The molecule has 0 aromatic heterocycles. The monoisotopic (exact) mass is 263 g/mol. The van der Waals surface area contributed by atoms with Crippen molar-refractivity contribution >= 4 is 29.2 Å². The van der Waals surface area contributed by atoms with Crippen LogP contribution in [0.3, 0.4) is 0 Å². The first-order valence-electron chi connectivity index (χ1n) is 4.46. The lowest BCUT2D eigenvalue weighted by Gasteiger charge is -2.10. The maximum atomic E-state index is 11.1. The van der Waals surface area contributed by atoms with Gasteiger partial charge in [-0.05, 0) is 24.1 Å². The van der Waals surface area contributed by atoms with E-state index in [-0.39, 0.29) is 22.2 Å². The van der Waals surface area contributed by atoms with Crippen LogP contribution in [0, 0.1) is 0 Å². The molecule has 0 aliphatic rings. The minimum Gasteiger partial charge on any atom is -0.505 e. The molecule has 1 rings (SSSR count). The van der Waals surface area contributed by atoms with Crippen molar-refractivity contribution in [3.63, 3.8) is 0 Å². The van der Waals surface area contributed by atoms with E-state index in [1.165, 1.54) is 19.2 Å². The zero-order chi connectivity index (χ0) is 12.3. The van der Waals surface area contributed by atoms with Gasteiger partial charge in [0.05, 0.1) is 17.2 Å². The lowest BCUT2D eigenvalue weighted by Crippen LogP contribution is -2.33. The van der Waals surface area contributed by atoms with Crippen LogP contribution in [0.2, 0.25) is 10.0 Å². The van der Waals surface area contributed by atoms with Crippen molar-refractivity contribution in [2.45, 2.75) is 12.5 Å². The topological polar surface area (TPSA) is 72.5 Å². The highest BCUT2D eigenvalue weighted by Gasteiger charge is 2.16. The van der Waals surface area contributed by atoms with Gasteiger partial charge in [0.15, 0.2) is 5.75 Å². The maximum Gasteiger partial charge on any atom is 0.322 e. The summed E-state index contributed by atoms with van der Waals surface area (Å²) in [4.78, 5) is 11.1. The van der Waals surface area contributed by atoms with Crippen molar-refractivity contribution in [3.05, 3.63) is 27.7 Å². The van der Waals surface area contributed by atoms with Gasteiger partial charge in [0.2, 0.25) is 0 Å². The van der Waals surface area contributed by atoms with E-state index < -0.39 is 12.0 Å². The van der Waals surface area contributed by atoms with E-state index >= 15 is 0 Å². The van der Waals surface area contributed by atoms with Gasteiger partial charge in [-0.25, -0.2) is 0 Å². The number of carbonyl (C=O) groups is 1. The van der Waals surface area contributed by atoms with Crippen LogP contribution in [-0.4, -0.2) is 24.2 Å². The summed E-state index contributed by atoms with van der Waals surface area (Å²) in [5, 5.41) is 9.58. The Morgan fingerprint density at radius 1 is 1.50 bits per heavy atom. The molecule has 16 heavy (non-hydrogen) atoms. The Balaban J connectivity index is 2.86. The van der Waals surface area contributed by atoms with Crippen LogP contribution in [-0.2, 0) is 16.0 Å². The summed E-state index contributed by atoms with van der Waals surface area (Å²) in [6.45, 7) is 0. The molecular weight excluding hydrogens is 253 g/mol. The van der Waals surface area contributed by atoms with E-state index in [0.717, 1.165) is 0 Å². The van der Waals surface area contributed by atoms with E-state index in [2.05, 4.69) is 4.74 Å². The number of esters is 1. The highest BCUT2D eigenvalue weighted by atomic mass is 35.5. The summed E-state index contributed by atoms with van der Waals surface area (Å²) in [6.07, 6.45) is 0.242. The molecule has 0 fully saturated rings.